The predicted octanol–water partition coefficient (Wildman–Crippen LogP) is 3.55. The molecule has 0 unspecified atom stereocenters. The molecule has 2 N–H and O–H groups in total. The molecule has 30 heavy (non-hydrogen) atoms. The Balaban J connectivity index is 0.00000320. The summed E-state index contributed by atoms with van der Waals surface area (Å²) in [6, 6.07) is 18.3. The first kappa shape index (κ1) is 23.8. The minimum Gasteiger partial charge on any atom is -0.375 e. The summed E-state index contributed by atoms with van der Waals surface area (Å²) in [5.74, 6) is 0.473. The molecule has 0 saturated heterocycles. The summed E-state index contributed by atoms with van der Waals surface area (Å²) in [7, 11) is 1.74. The highest BCUT2D eigenvalue weighted by atomic mass is 127. The Morgan fingerprint density at radius 1 is 1.03 bits per heavy atom. The zero-order valence-electron chi connectivity index (χ0n) is 16.9. The molecule has 8 heteroatoms. The highest BCUT2D eigenvalue weighted by Crippen LogP contribution is 2.09. The predicted molar refractivity (Wildman–Crippen MR) is 128 cm³/mol. The second-order valence-electron chi connectivity index (χ2n) is 6.44. The lowest BCUT2D eigenvalue weighted by molar-refractivity contribution is 0.125. The number of aliphatic imine (C=N–C) groups is 1. The maximum absolute atomic E-state index is 13.0. The summed E-state index contributed by atoms with van der Waals surface area (Å²) in [5, 5.41) is 11.0. The largest absolute Gasteiger partial charge is 0.375 e. The molecule has 0 saturated carbocycles. The van der Waals surface area contributed by atoms with E-state index in [0.29, 0.717) is 26.3 Å². The Morgan fingerprint density at radius 2 is 1.77 bits per heavy atom. The van der Waals surface area contributed by atoms with Crippen LogP contribution in [0.15, 0.2) is 71.9 Å². The van der Waals surface area contributed by atoms with Crippen molar-refractivity contribution in [2.45, 2.75) is 13.0 Å². The topological polar surface area (TPSA) is 63.5 Å². The van der Waals surface area contributed by atoms with Crippen molar-refractivity contribution < 1.29 is 9.13 Å². The van der Waals surface area contributed by atoms with Crippen molar-refractivity contribution in [2.24, 2.45) is 4.99 Å². The van der Waals surface area contributed by atoms with Crippen LogP contribution in [0.25, 0.3) is 5.69 Å². The standard InChI is InChI=1S/C22H26FN5O.HI/c1-24-22(26-14-16-29-17-18-5-3-2-4-6-18)25-13-11-20-12-15-28(27-20)21-9-7-19(23)8-10-21;/h2-10,12,15H,11,13-14,16-17H2,1H3,(H2,24,25,26);1H. The van der Waals surface area contributed by atoms with Crippen molar-refractivity contribution in [3.8, 4) is 5.69 Å². The van der Waals surface area contributed by atoms with Crippen LogP contribution in [0.2, 0.25) is 0 Å². The van der Waals surface area contributed by atoms with Crippen molar-refractivity contribution >= 4 is 29.9 Å². The Labute approximate surface area is 193 Å². The van der Waals surface area contributed by atoms with Crippen LogP contribution in [0.1, 0.15) is 11.3 Å². The van der Waals surface area contributed by atoms with Gasteiger partial charge in [-0.2, -0.15) is 5.10 Å². The van der Waals surface area contributed by atoms with Gasteiger partial charge in [0.1, 0.15) is 5.82 Å². The molecule has 3 rings (SSSR count). The number of hydrogen-bond acceptors (Lipinski definition) is 3. The van der Waals surface area contributed by atoms with Crippen LogP contribution in [-0.4, -0.2) is 42.5 Å². The maximum Gasteiger partial charge on any atom is 0.191 e. The van der Waals surface area contributed by atoms with Gasteiger partial charge in [0.05, 0.1) is 24.6 Å². The molecule has 0 fully saturated rings. The molecule has 6 nitrogen and oxygen atoms in total. The molecule has 0 spiro atoms. The molecule has 2 aromatic carbocycles. The molecule has 0 bridgehead atoms. The number of halogens is 2. The van der Waals surface area contributed by atoms with Gasteiger partial charge < -0.3 is 15.4 Å². The van der Waals surface area contributed by atoms with E-state index in [0.717, 1.165) is 29.3 Å². The van der Waals surface area contributed by atoms with Crippen molar-refractivity contribution in [1.82, 2.24) is 20.4 Å². The van der Waals surface area contributed by atoms with Crippen LogP contribution >= 0.6 is 24.0 Å². The second kappa shape index (κ2) is 13.0. The van der Waals surface area contributed by atoms with Gasteiger partial charge in [-0.05, 0) is 35.9 Å². The van der Waals surface area contributed by atoms with Gasteiger partial charge in [0.2, 0.25) is 0 Å². The quantitative estimate of drug-likeness (QED) is 0.195. The van der Waals surface area contributed by atoms with Gasteiger partial charge in [0.25, 0.3) is 0 Å². The fourth-order valence-electron chi connectivity index (χ4n) is 2.77. The van der Waals surface area contributed by atoms with Crippen molar-refractivity contribution in [3.63, 3.8) is 0 Å². The summed E-state index contributed by atoms with van der Waals surface area (Å²) >= 11 is 0. The Kier molecular flexibility index (Phi) is 10.3. The average Bonchev–Trinajstić information content (AvgIpc) is 3.22. The first-order valence-corrected chi connectivity index (χ1v) is 9.61. The summed E-state index contributed by atoms with van der Waals surface area (Å²) in [6.07, 6.45) is 2.62. The molecule has 0 aliphatic rings. The van der Waals surface area contributed by atoms with Gasteiger partial charge in [-0.25, -0.2) is 9.07 Å². The molecule has 160 valence electrons. The molecule has 0 aliphatic carbocycles. The third kappa shape index (κ3) is 7.75. The van der Waals surface area contributed by atoms with Crippen LogP contribution in [0, 0.1) is 5.82 Å². The Hall–Kier alpha value is -2.46. The van der Waals surface area contributed by atoms with E-state index < -0.39 is 0 Å². The average molecular weight is 523 g/mol. The lowest BCUT2D eigenvalue weighted by atomic mass is 10.2. The minimum absolute atomic E-state index is 0. The fraction of sp³-hybridized carbons (Fsp3) is 0.273. The van der Waals surface area contributed by atoms with Gasteiger partial charge in [-0.1, -0.05) is 30.3 Å². The van der Waals surface area contributed by atoms with E-state index >= 15 is 0 Å². The van der Waals surface area contributed by atoms with Crippen molar-refractivity contribution in [1.29, 1.82) is 0 Å². The SMILES string of the molecule is CN=C(NCCOCc1ccccc1)NCCc1ccn(-c2ccc(F)cc2)n1.I. The number of nitrogens with one attached hydrogen (secondary N) is 2. The molecule has 1 heterocycles. The third-order valence-corrected chi connectivity index (χ3v) is 4.28. The Morgan fingerprint density at radius 3 is 2.50 bits per heavy atom. The number of hydrogen-bond donors (Lipinski definition) is 2. The van der Waals surface area contributed by atoms with Gasteiger partial charge in [-0.15, -0.1) is 24.0 Å². The van der Waals surface area contributed by atoms with E-state index in [-0.39, 0.29) is 29.8 Å². The van der Waals surface area contributed by atoms with Gasteiger partial charge in [0.15, 0.2) is 5.96 Å². The Bertz CT molecular complexity index is 899. The summed E-state index contributed by atoms with van der Waals surface area (Å²) in [4.78, 5) is 4.21. The van der Waals surface area contributed by atoms with E-state index in [1.54, 1.807) is 23.9 Å². The molecule has 3 aromatic rings. The summed E-state index contributed by atoms with van der Waals surface area (Å²) in [5.41, 5.74) is 2.94. The monoisotopic (exact) mass is 523 g/mol. The molecule has 0 atom stereocenters. The normalized spacial score (nSPS) is 11.1. The van der Waals surface area contributed by atoms with Gasteiger partial charge in [-0.3, -0.25) is 4.99 Å². The van der Waals surface area contributed by atoms with Crippen LogP contribution < -0.4 is 10.6 Å². The number of rotatable bonds is 9. The first-order valence-electron chi connectivity index (χ1n) is 9.61. The molecule has 0 radical (unpaired) electrons. The highest BCUT2D eigenvalue weighted by Gasteiger charge is 2.03. The highest BCUT2D eigenvalue weighted by molar-refractivity contribution is 14.0. The fourth-order valence-corrected chi connectivity index (χ4v) is 2.77. The smallest absolute Gasteiger partial charge is 0.191 e. The van der Waals surface area contributed by atoms with Crippen LogP contribution in [-0.2, 0) is 17.8 Å². The molecule has 0 aliphatic heterocycles. The molecular weight excluding hydrogens is 496 g/mol. The van der Waals surface area contributed by atoms with Gasteiger partial charge >= 0.3 is 0 Å². The molecule has 1 aromatic heterocycles. The summed E-state index contributed by atoms with van der Waals surface area (Å²) in [6.45, 7) is 2.57. The van der Waals surface area contributed by atoms with Crippen molar-refractivity contribution in [3.05, 3.63) is 83.9 Å². The van der Waals surface area contributed by atoms with E-state index in [1.165, 1.54) is 12.1 Å². The number of nitrogens with zero attached hydrogens (tertiary/aromatic N) is 3. The number of ether oxygens (including phenoxy) is 1. The first-order chi connectivity index (χ1) is 14.2. The third-order valence-electron chi connectivity index (χ3n) is 4.28. The van der Waals surface area contributed by atoms with Gasteiger partial charge in [0, 0.05) is 32.8 Å². The molecule has 0 amide bonds. The zero-order chi connectivity index (χ0) is 20.3. The maximum atomic E-state index is 13.0. The van der Waals surface area contributed by atoms with E-state index in [1.807, 2.05) is 42.6 Å². The minimum atomic E-state index is -0.255. The summed E-state index contributed by atoms with van der Waals surface area (Å²) < 4.78 is 20.4. The zero-order valence-corrected chi connectivity index (χ0v) is 19.3. The lowest BCUT2D eigenvalue weighted by Crippen LogP contribution is -2.39. The lowest BCUT2D eigenvalue weighted by Gasteiger charge is -2.11. The number of benzene rings is 2. The second-order valence-corrected chi connectivity index (χ2v) is 6.44. The van der Waals surface area contributed by atoms with Crippen LogP contribution in [0.4, 0.5) is 4.39 Å². The van der Waals surface area contributed by atoms with E-state index in [2.05, 4.69) is 20.7 Å². The van der Waals surface area contributed by atoms with E-state index in [9.17, 15) is 4.39 Å². The number of aromatic nitrogens is 2. The molecular formula is C22H27FIN5O. The van der Waals surface area contributed by atoms with Crippen molar-refractivity contribution in [2.75, 3.05) is 26.7 Å². The van der Waals surface area contributed by atoms with E-state index in [4.69, 9.17) is 4.74 Å². The number of guanidine groups is 1. The van der Waals surface area contributed by atoms with Crippen LogP contribution in [0.3, 0.4) is 0 Å². The van der Waals surface area contributed by atoms with Crippen LogP contribution in [0.5, 0.6) is 0 Å².